The van der Waals surface area contributed by atoms with E-state index in [0.717, 1.165) is 0 Å². The number of hydrogen-bond donors (Lipinski definition) is 0. The van der Waals surface area contributed by atoms with Crippen LogP contribution in [0.25, 0.3) is 0 Å². The van der Waals surface area contributed by atoms with E-state index >= 15 is 0 Å². The van der Waals surface area contributed by atoms with Crippen LogP contribution in [0.5, 0.6) is 0 Å². The monoisotopic (exact) mass is 274 g/mol. The van der Waals surface area contributed by atoms with Crippen LogP contribution in [0.4, 0.5) is 0 Å². The number of carbonyl (C=O) groups is 1. The Kier molecular flexibility index (Phi) is 19.9. The summed E-state index contributed by atoms with van der Waals surface area (Å²) in [4.78, 5) is 8.78. The Balaban J connectivity index is 0. The molecule has 0 fully saturated rings. The quantitative estimate of drug-likeness (QED) is 0.438. The molecule has 0 aliphatic rings. The topological polar surface area (TPSA) is 17.1 Å². The van der Waals surface area contributed by atoms with Crippen LogP contribution >= 0.6 is 0 Å². The normalized spacial score (nSPS) is 3.50. The van der Waals surface area contributed by atoms with Crippen molar-refractivity contribution in [2.24, 2.45) is 0 Å². The summed E-state index contributed by atoms with van der Waals surface area (Å²) in [5, 5.41) is 0. The van der Waals surface area contributed by atoms with Gasteiger partial charge in [-0.25, -0.2) is 0 Å². The first-order valence-electron chi connectivity index (χ1n) is 0.410. The molecule has 1 nitrogen and oxygen atoms in total. The van der Waals surface area contributed by atoms with Crippen LogP contribution in [0.2, 0.25) is 0 Å². The molecule has 3 heteroatoms. The molecular weight excluding hydrogens is 273 g/mol. The maximum atomic E-state index is 8.78. The molecular formula is CHAuOTi. The Morgan fingerprint density at radius 1 is 1.75 bits per heavy atom. The standard InChI is InChI=1S/CHO.Au.Ti/c1-2;;/h1H;;. The Labute approximate surface area is 51.9 Å². The molecule has 0 saturated carbocycles. The molecule has 0 radical (unpaired) electrons. The molecule has 0 saturated heterocycles. The molecule has 0 aliphatic heterocycles. The SMILES string of the molecule is O=[CH][Au].[Ti]. The van der Waals surface area contributed by atoms with Gasteiger partial charge in [0.05, 0.1) is 0 Å². The van der Waals surface area contributed by atoms with Crippen LogP contribution in [0.3, 0.4) is 0 Å². The van der Waals surface area contributed by atoms with Crippen LogP contribution in [0.1, 0.15) is 0 Å². The van der Waals surface area contributed by atoms with Crippen molar-refractivity contribution in [3.8, 4) is 0 Å². The Bertz CT molecular complexity index is 15.5. The summed E-state index contributed by atoms with van der Waals surface area (Å²) in [5.41, 5.74) is 0. The van der Waals surface area contributed by atoms with E-state index in [-0.39, 0.29) is 21.7 Å². The fraction of sp³-hybridized carbons (Fsp3) is 0. The summed E-state index contributed by atoms with van der Waals surface area (Å²) >= 11 is 1.75. The minimum absolute atomic E-state index is 0. The molecule has 0 unspecified atom stereocenters. The average molecular weight is 274 g/mol. The van der Waals surface area contributed by atoms with E-state index in [1.807, 2.05) is 0 Å². The van der Waals surface area contributed by atoms with Crippen molar-refractivity contribution in [2.75, 3.05) is 0 Å². The number of rotatable bonds is 0. The summed E-state index contributed by atoms with van der Waals surface area (Å²) in [6.07, 6.45) is 0. The molecule has 0 bridgehead atoms. The summed E-state index contributed by atoms with van der Waals surface area (Å²) in [6.45, 7) is 0. The maximum Gasteiger partial charge on any atom is 0 e. The van der Waals surface area contributed by atoms with Gasteiger partial charge in [0.1, 0.15) is 0 Å². The molecule has 4 heavy (non-hydrogen) atoms. The first-order valence-corrected chi connectivity index (χ1v) is 1.66. The van der Waals surface area contributed by atoms with Gasteiger partial charge in [0, 0.05) is 21.7 Å². The molecule has 0 aliphatic carbocycles. The van der Waals surface area contributed by atoms with E-state index in [1.165, 1.54) is 0 Å². The predicted molar refractivity (Wildman–Crippen MR) is 6.75 cm³/mol. The summed E-state index contributed by atoms with van der Waals surface area (Å²) in [7, 11) is 0. The van der Waals surface area contributed by atoms with Crippen molar-refractivity contribution in [1.82, 2.24) is 0 Å². The van der Waals surface area contributed by atoms with Crippen molar-refractivity contribution < 1.29 is 47.6 Å². The van der Waals surface area contributed by atoms with Crippen LogP contribution in [-0.4, -0.2) is 4.50 Å². The smallest absolute Gasteiger partial charge is 0 e. The summed E-state index contributed by atoms with van der Waals surface area (Å²) in [6, 6.07) is 0. The van der Waals surface area contributed by atoms with Gasteiger partial charge in [0.25, 0.3) is 0 Å². The molecule has 0 N–H and O–H groups in total. The van der Waals surface area contributed by atoms with E-state index in [9.17, 15) is 0 Å². The zero-order valence-corrected chi connectivity index (χ0v) is 5.52. The van der Waals surface area contributed by atoms with Crippen molar-refractivity contribution in [1.29, 1.82) is 0 Å². The van der Waals surface area contributed by atoms with Gasteiger partial charge in [-0.05, 0) is 0 Å². The Morgan fingerprint density at radius 3 is 1.75 bits per heavy atom. The third-order valence-corrected chi connectivity index (χ3v) is 0. The van der Waals surface area contributed by atoms with E-state index in [2.05, 4.69) is 0 Å². The molecule has 26 valence electrons. The van der Waals surface area contributed by atoms with Crippen LogP contribution in [0, 0.1) is 0 Å². The van der Waals surface area contributed by atoms with Gasteiger partial charge in [-0.3, -0.25) is 0 Å². The predicted octanol–water partition coefficient (Wildman–Crippen LogP) is -0.279. The van der Waals surface area contributed by atoms with Crippen molar-refractivity contribution in [3.05, 3.63) is 0 Å². The second-order valence-corrected chi connectivity index (χ2v) is 0.582. The largest absolute Gasteiger partial charge is 0 e. The van der Waals surface area contributed by atoms with Gasteiger partial charge in [-0.1, -0.05) is 0 Å². The number of carbonyl (C=O) groups excluding carboxylic acids is 1. The van der Waals surface area contributed by atoms with Gasteiger partial charge in [0.2, 0.25) is 0 Å². The minimum Gasteiger partial charge on any atom is 0 e. The first-order chi connectivity index (χ1) is 1.41. The van der Waals surface area contributed by atoms with E-state index in [0.29, 0.717) is 4.50 Å². The Morgan fingerprint density at radius 2 is 1.75 bits per heavy atom. The van der Waals surface area contributed by atoms with Gasteiger partial charge in [-0.15, -0.1) is 0 Å². The summed E-state index contributed by atoms with van der Waals surface area (Å²) in [5.74, 6) is 0. The maximum absolute atomic E-state index is 8.78. The Hall–Kier alpha value is 1.12. The van der Waals surface area contributed by atoms with Gasteiger partial charge >= 0.3 is 30.4 Å². The number of hydrogen-bond acceptors (Lipinski definition) is 1. The minimum atomic E-state index is 0. The second-order valence-electron chi connectivity index (χ2n) is 0.0711. The zero-order valence-electron chi connectivity index (χ0n) is 1.79. The molecule has 0 aromatic carbocycles. The molecule has 0 aromatic heterocycles. The second kappa shape index (κ2) is 8.92. The van der Waals surface area contributed by atoms with Crippen molar-refractivity contribution >= 4 is 4.50 Å². The summed E-state index contributed by atoms with van der Waals surface area (Å²) < 4.78 is 0.694. The fourth-order valence-electron chi connectivity index (χ4n) is 0. The van der Waals surface area contributed by atoms with E-state index in [1.54, 1.807) is 21.1 Å². The van der Waals surface area contributed by atoms with Crippen molar-refractivity contribution in [3.63, 3.8) is 0 Å². The third kappa shape index (κ3) is 11.2. The zero-order chi connectivity index (χ0) is 2.71. The van der Waals surface area contributed by atoms with E-state index in [4.69, 9.17) is 4.79 Å². The van der Waals surface area contributed by atoms with Gasteiger partial charge < -0.3 is 0 Å². The fourth-order valence-corrected chi connectivity index (χ4v) is 0. The van der Waals surface area contributed by atoms with Crippen molar-refractivity contribution in [2.45, 2.75) is 0 Å². The molecule has 0 aromatic rings. The van der Waals surface area contributed by atoms with Crippen LogP contribution in [0.15, 0.2) is 0 Å². The van der Waals surface area contributed by atoms with Gasteiger partial charge in [0.15, 0.2) is 0 Å². The van der Waals surface area contributed by atoms with Gasteiger partial charge in [-0.2, -0.15) is 0 Å². The third-order valence-electron chi connectivity index (χ3n) is 0. The molecule has 0 atom stereocenters. The average Bonchev–Trinajstić information content (AvgIpc) is 0.918. The molecule has 0 rings (SSSR count). The first kappa shape index (κ1) is 8.93. The molecule has 0 amide bonds. The molecule has 0 spiro atoms. The van der Waals surface area contributed by atoms with Crippen LogP contribution < -0.4 is 0 Å². The van der Waals surface area contributed by atoms with Crippen LogP contribution in [-0.2, 0) is 47.6 Å². The van der Waals surface area contributed by atoms with E-state index < -0.39 is 0 Å². The molecule has 0 heterocycles.